The molecule has 0 amide bonds. The first-order chi connectivity index (χ1) is 13.8. The minimum absolute atomic E-state index is 0.00749. The number of rotatable bonds is 3. The summed E-state index contributed by atoms with van der Waals surface area (Å²) in [4.78, 5) is 23.2. The van der Waals surface area contributed by atoms with Gasteiger partial charge in [-0.1, -0.05) is 26.0 Å². The molecule has 1 aromatic rings. The summed E-state index contributed by atoms with van der Waals surface area (Å²) in [5.74, 6) is -0.141. The van der Waals surface area contributed by atoms with Gasteiger partial charge in [-0.05, 0) is 68.1 Å². The van der Waals surface area contributed by atoms with Crippen LogP contribution in [0.25, 0.3) is 0 Å². The van der Waals surface area contributed by atoms with Gasteiger partial charge in [0.1, 0.15) is 0 Å². The molecule has 6 nitrogen and oxygen atoms in total. The van der Waals surface area contributed by atoms with Crippen molar-refractivity contribution in [3.8, 4) is 0 Å². The zero-order valence-corrected chi connectivity index (χ0v) is 17.3. The molecule has 5 aliphatic rings. The van der Waals surface area contributed by atoms with E-state index in [2.05, 4.69) is 13.8 Å². The average molecular weight is 402 g/mol. The fourth-order valence-corrected chi connectivity index (χ4v) is 6.23. The molecule has 158 valence electrons. The highest BCUT2D eigenvalue weighted by Crippen LogP contribution is 2.60. The van der Waals surface area contributed by atoms with Gasteiger partial charge in [0.05, 0.1) is 11.7 Å². The standard InChI is InChI=1S/C23H30O6/c1-13-4-9-18-14(2)19(12-15-5-7-16(8-6-15)20(24)25)26-21-23(18)17(13)10-11-22(3,27-21)28-29-23/h5-8,13-14,17-19,21H,4,9-12H2,1-3H3,(H,24,25)/t13-,14-,17+,18+,19-,21-,22-,23-/m1/s1. The molecule has 5 fully saturated rings. The van der Waals surface area contributed by atoms with Crippen molar-refractivity contribution in [2.45, 2.75) is 76.7 Å². The lowest BCUT2D eigenvalue weighted by atomic mass is 9.57. The zero-order chi connectivity index (χ0) is 20.4. The van der Waals surface area contributed by atoms with Crippen LogP contribution in [0.2, 0.25) is 0 Å². The second-order valence-corrected chi connectivity index (χ2v) is 9.65. The summed E-state index contributed by atoms with van der Waals surface area (Å²) >= 11 is 0. The van der Waals surface area contributed by atoms with Gasteiger partial charge in [0.25, 0.3) is 0 Å². The van der Waals surface area contributed by atoms with Crippen LogP contribution in [0, 0.1) is 23.7 Å². The Morgan fingerprint density at radius 2 is 1.86 bits per heavy atom. The third-order valence-electron chi connectivity index (χ3n) is 7.93. The molecule has 4 saturated heterocycles. The molecule has 4 aliphatic heterocycles. The number of aromatic carboxylic acids is 1. The summed E-state index contributed by atoms with van der Waals surface area (Å²) < 4.78 is 13.0. The number of benzene rings is 1. The van der Waals surface area contributed by atoms with E-state index in [1.165, 1.54) is 6.42 Å². The Bertz CT molecular complexity index is 793. The number of fused-ring (bicyclic) bond motifs is 2. The van der Waals surface area contributed by atoms with Crippen molar-refractivity contribution >= 4 is 5.97 Å². The van der Waals surface area contributed by atoms with Gasteiger partial charge in [0.15, 0.2) is 11.9 Å². The average Bonchev–Trinajstić information content (AvgIpc) is 2.92. The summed E-state index contributed by atoms with van der Waals surface area (Å²) in [5, 5.41) is 9.13. The van der Waals surface area contributed by atoms with Crippen molar-refractivity contribution in [1.29, 1.82) is 0 Å². The molecule has 29 heavy (non-hydrogen) atoms. The quantitative estimate of drug-likeness (QED) is 0.765. The Morgan fingerprint density at radius 3 is 2.59 bits per heavy atom. The van der Waals surface area contributed by atoms with Crippen LogP contribution in [0.1, 0.15) is 62.4 Å². The van der Waals surface area contributed by atoms with Crippen molar-refractivity contribution < 1.29 is 29.1 Å². The maximum atomic E-state index is 11.1. The first-order valence-corrected chi connectivity index (χ1v) is 10.8. The fourth-order valence-electron chi connectivity index (χ4n) is 6.23. The van der Waals surface area contributed by atoms with Crippen LogP contribution in [0.3, 0.4) is 0 Å². The molecule has 6 heteroatoms. The Labute approximate surface area is 171 Å². The molecule has 8 atom stereocenters. The van der Waals surface area contributed by atoms with Gasteiger partial charge in [-0.25, -0.2) is 14.6 Å². The highest BCUT2D eigenvalue weighted by atomic mass is 17.3. The van der Waals surface area contributed by atoms with Gasteiger partial charge in [0, 0.05) is 12.3 Å². The Morgan fingerprint density at radius 1 is 1.10 bits per heavy atom. The number of carboxylic acids is 1. The third-order valence-corrected chi connectivity index (χ3v) is 7.93. The normalized spacial score (nSPS) is 46.0. The molecule has 1 spiro atoms. The van der Waals surface area contributed by atoms with E-state index in [1.807, 2.05) is 19.1 Å². The van der Waals surface area contributed by atoms with Crippen LogP contribution in [0.4, 0.5) is 0 Å². The number of hydrogen-bond donors (Lipinski definition) is 1. The van der Waals surface area contributed by atoms with E-state index >= 15 is 0 Å². The topological polar surface area (TPSA) is 74.2 Å². The van der Waals surface area contributed by atoms with Crippen LogP contribution >= 0.6 is 0 Å². The van der Waals surface area contributed by atoms with Crippen molar-refractivity contribution in [1.82, 2.24) is 0 Å². The molecule has 1 saturated carbocycles. The second-order valence-electron chi connectivity index (χ2n) is 9.65. The van der Waals surface area contributed by atoms with Crippen LogP contribution in [0.15, 0.2) is 24.3 Å². The number of ether oxygens (including phenoxy) is 2. The predicted molar refractivity (Wildman–Crippen MR) is 104 cm³/mol. The summed E-state index contributed by atoms with van der Waals surface area (Å²) in [5.41, 5.74) is 0.847. The van der Waals surface area contributed by atoms with Crippen molar-refractivity contribution in [3.63, 3.8) is 0 Å². The van der Waals surface area contributed by atoms with Gasteiger partial charge >= 0.3 is 5.97 Å². The summed E-state index contributed by atoms with van der Waals surface area (Å²) in [6, 6.07) is 7.09. The van der Waals surface area contributed by atoms with Crippen LogP contribution in [-0.2, 0) is 25.7 Å². The lowest BCUT2D eigenvalue weighted by Crippen LogP contribution is -2.70. The SMILES string of the molecule is C[C@H]1[C@@H](Cc2ccc(C(=O)O)cc2)O[C@@H]2O[C@@]3(C)CC[C@H]4[C@H](C)CC[C@@H]1[C@@]24OO3. The molecule has 0 radical (unpaired) electrons. The number of carbonyl (C=O) groups is 1. The van der Waals surface area contributed by atoms with E-state index in [0.29, 0.717) is 23.3 Å². The smallest absolute Gasteiger partial charge is 0.335 e. The van der Waals surface area contributed by atoms with E-state index in [1.54, 1.807) is 12.1 Å². The Balaban J connectivity index is 1.44. The Kier molecular flexibility index (Phi) is 4.55. The molecular formula is C23H30O6. The fraction of sp³-hybridized carbons (Fsp3) is 0.696. The molecule has 2 bridgehead atoms. The zero-order valence-electron chi connectivity index (χ0n) is 17.3. The van der Waals surface area contributed by atoms with E-state index in [-0.39, 0.29) is 12.0 Å². The molecule has 1 aliphatic carbocycles. The Hall–Kier alpha value is -1.47. The number of carboxylic acid groups (broad SMARTS) is 1. The molecule has 0 unspecified atom stereocenters. The first-order valence-electron chi connectivity index (χ1n) is 10.8. The molecule has 1 N–H and O–H groups in total. The molecule has 4 heterocycles. The monoisotopic (exact) mass is 402 g/mol. The number of hydrogen-bond acceptors (Lipinski definition) is 5. The first kappa shape index (κ1) is 19.5. The van der Waals surface area contributed by atoms with Gasteiger partial charge in [-0.15, -0.1) is 0 Å². The van der Waals surface area contributed by atoms with Crippen molar-refractivity contribution in [3.05, 3.63) is 35.4 Å². The highest BCUT2D eigenvalue weighted by molar-refractivity contribution is 5.87. The van der Waals surface area contributed by atoms with Crippen molar-refractivity contribution in [2.75, 3.05) is 0 Å². The van der Waals surface area contributed by atoms with Crippen LogP contribution in [-0.4, -0.2) is 34.9 Å². The maximum Gasteiger partial charge on any atom is 0.335 e. The van der Waals surface area contributed by atoms with Gasteiger partial charge in [-0.3, -0.25) is 0 Å². The van der Waals surface area contributed by atoms with E-state index in [4.69, 9.17) is 24.4 Å². The molecule has 6 rings (SSSR count). The van der Waals surface area contributed by atoms with Crippen LogP contribution in [0.5, 0.6) is 0 Å². The van der Waals surface area contributed by atoms with E-state index in [0.717, 1.165) is 31.2 Å². The van der Waals surface area contributed by atoms with Crippen LogP contribution < -0.4 is 0 Å². The summed E-state index contributed by atoms with van der Waals surface area (Å²) in [6.45, 7) is 6.51. The van der Waals surface area contributed by atoms with E-state index in [9.17, 15) is 4.79 Å². The third kappa shape index (κ3) is 2.95. The van der Waals surface area contributed by atoms with Gasteiger partial charge < -0.3 is 14.6 Å². The minimum atomic E-state index is -0.906. The second kappa shape index (κ2) is 6.77. The minimum Gasteiger partial charge on any atom is -0.478 e. The predicted octanol–water partition coefficient (Wildman–Crippen LogP) is 4.18. The summed E-state index contributed by atoms with van der Waals surface area (Å²) in [7, 11) is 0. The largest absolute Gasteiger partial charge is 0.478 e. The van der Waals surface area contributed by atoms with Crippen molar-refractivity contribution in [2.24, 2.45) is 23.7 Å². The van der Waals surface area contributed by atoms with Gasteiger partial charge in [0.2, 0.25) is 5.79 Å². The summed E-state index contributed by atoms with van der Waals surface area (Å²) in [6.07, 6.45) is 4.40. The molecule has 1 aromatic carbocycles. The molecule has 0 aromatic heterocycles. The maximum absolute atomic E-state index is 11.1. The highest BCUT2D eigenvalue weighted by Gasteiger charge is 2.69. The lowest BCUT2D eigenvalue weighted by Gasteiger charge is -2.60. The van der Waals surface area contributed by atoms with Gasteiger partial charge in [-0.2, -0.15) is 0 Å². The van der Waals surface area contributed by atoms with E-state index < -0.39 is 23.6 Å². The molecular weight excluding hydrogens is 372 g/mol. The lowest BCUT2D eigenvalue weighted by molar-refractivity contribution is -0.571.